The smallest absolute Gasteiger partial charge is 0.287 e. The summed E-state index contributed by atoms with van der Waals surface area (Å²) in [6.07, 6.45) is 2.97. The molecule has 1 N–H and O–H groups in total. The minimum atomic E-state index is -0.467. The van der Waals surface area contributed by atoms with Gasteiger partial charge in [0.25, 0.3) is 5.69 Å². The molecule has 0 aromatic carbocycles. The topological polar surface area (TPSA) is 125 Å². The Morgan fingerprint density at radius 3 is 2.59 bits per heavy atom. The van der Waals surface area contributed by atoms with Crippen molar-refractivity contribution in [3.63, 3.8) is 0 Å². The van der Waals surface area contributed by atoms with Crippen molar-refractivity contribution >= 4 is 39.8 Å². The van der Waals surface area contributed by atoms with Crippen molar-refractivity contribution in [1.82, 2.24) is 19.8 Å². The zero-order valence-electron chi connectivity index (χ0n) is 19.4. The third-order valence-electron chi connectivity index (χ3n) is 6.36. The van der Waals surface area contributed by atoms with Crippen LogP contribution < -0.4 is 10.2 Å². The van der Waals surface area contributed by atoms with Gasteiger partial charge < -0.3 is 15.1 Å². The summed E-state index contributed by atoms with van der Waals surface area (Å²) in [5.41, 5.74) is 0.887. The summed E-state index contributed by atoms with van der Waals surface area (Å²) in [4.78, 5) is 51.6. The summed E-state index contributed by atoms with van der Waals surface area (Å²) < 4.78 is 0. The molecule has 11 nitrogen and oxygen atoms in total. The number of piperidine rings is 1. The average molecular weight is 488 g/mol. The van der Waals surface area contributed by atoms with Gasteiger partial charge in [0.05, 0.1) is 23.1 Å². The largest absolute Gasteiger partial charge is 0.353 e. The molecule has 2 fully saturated rings. The number of carbonyl (C=O) groups is 2. The van der Waals surface area contributed by atoms with Crippen LogP contribution in [0.1, 0.15) is 23.4 Å². The fourth-order valence-electron chi connectivity index (χ4n) is 4.38. The van der Waals surface area contributed by atoms with Crippen LogP contribution in [0.15, 0.2) is 18.3 Å². The molecule has 0 radical (unpaired) electrons. The maximum absolute atomic E-state index is 13.2. The van der Waals surface area contributed by atoms with Crippen molar-refractivity contribution in [1.29, 1.82) is 0 Å². The number of anilines is 2. The highest BCUT2D eigenvalue weighted by atomic mass is 32.1. The molecule has 4 heterocycles. The van der Waals surface area contributed by atoms with E-state index in [1.807, 2.05) is 28.5 Å². The Balaban J connectivity index is 1.26. The standard InChI is InChI=1S/C22H29N7O4S/c1-15-16(2)34-22(24-15)25-20(30)14-26-7-3-4-17(13-26)21(31)28-10-8-27(9-11-28)19-6-5-18(12-23-19)29(32)33/h5-6,12,17H,3-4,7-11,13-14H2,1-2H3,(H,24,25,30). The number of thiazole rings is 1. The van der Waals surface area contributed by atoms with Gasteiger partial charge in [-0.2, -0.15) is 0 Å². The molecule has 2 aromatic rings. The predicted octanol–water partition coefficient (Wildman–Crippen LogP) is 2.06. The first-order valence-corrected chi connectivity index (χ1v) is 12.2. The van der Waals surface area contributed by atoms with Crippen LogP contribution in [0, 0.1) is 29.9 Å². The molecule has 1 atom stereocenters. The second-order valence-electron chi connectivity index (χ2n) is 8.73. The Labute approximate surface area is 201 Å². The van der Waals surface area contributed by atoms with E-state index in [-0.39, 0.29) is 30.0 Å². The number of aryl methyl sites for hydroxylation is 2. The van der Waals surface area contributed by atoms with E-state index >= 15 is 0 Å². The first-order chi connectivity index (χ1) is 16.3. The number of pyridine rings is 1. The van der Waals surface area contributed by atoms with Crippen molar-refractivity contribution in [2.45, 2.75) is 26.7 Å². The fraction of sp³-hybridized carbons (Fsp3) is 0.545. The molecule has 2 saturated heterocycles. The van der Waals surface area contributed by atoms with Crippen molar-refractivity contribution < 1.29 is 14.5 Å². The van der Waals surface area contributed by atoms with Gasteiger partial charge in [0, 0.05) is 43.7 Å². The zero-order valence-corrected chi connectivity index (χ0v) is 20.2. The average Bonchev–Trinajstić information content (AvgIpc) is 3.15. The van der Waals surface area contributed by atoms with Crippen LogP contribution in [0.3, 0.4) is 0 Å². The SMILES string of the molecule is Cc1nc(NC(=O)CN2CCCC(C(=O)N3CCN(c4ccc([N+](=O)[O-])cn4)CC3)C2)sc1C. The number of likely N-dealkylation sites (tertiary alicyclic amines) is 1. The summed E-state index contributed by atoms with van der Waals surface area (Å²) in [5.74, 6) is 0.590. The molecule has 2 aromatic heterocycles. The van der Waals surface area contributed by atoms with E-state index in [9.17, 15) is 19.7 Å². The van der Waals surface area contributed by atoms with Crippen molar-refractivity contribution in [3.8, 4) is 0 Å². The van der Waals surface area contributed by atoms with Gasteiger partial charge in [0.1, 0.15) is 12.0 Å². The number of aromatic nitrogens is 2. The molecule has 0 aliphatic carbocycles. The quantitative estimate of drug-likeness (QED) is 0.485. The molecule has 0 saturated carbocycles. The van der Waals surface area contributed by atoms with Crippen LogP contribution in [0.4, 0.5) is 16.6 Å². The molecule has 34 heavy (non-hydrogen) atoms. The van der Waals surface area contributed by atoms with Crippen LogP contribution >= 0.6 is 11.3 Å². The lowest BCUT2D eigenvalue weighted by Gasteiger charge is -2.39. The summed E-state index contributed by atoms with van der Waals surface area (Å²) in [6, 6.07) is 3.09. The molecule has 0 spiro atoms. The molecule has 2 amide bonds. The lowest BCUT2D eigenvalue weighted by Crippen LogP contribution is -2.53. The summed E-state index contributed by atoms with van der Waals surface area (Å²) in [6.45, 7) is 7.94. The van der Waals surface area contributed by atoms with Gasteiger partial charge in [-0.3, -0.25) is 24.6 Å². The molecule has 1 unspecified atom stereocenters. The first kappa shape index (κ1) is 24.0. The van der Waals surface area contributed by atoms with Gasteiger partial charge in [-0.25, -0.2) is 9.97 Å². The summed E-state index contributed by atoms with van der Waals surface area (Å²) >= 11 is 1.47. The van der Waals surface area contributed by atoms with Gasteiger partial charge in [-0.1, -0.05) is 0 Å². The first-order valence-electron chi connectivity index (χ1n) is 11.4. The summed E-state index contributed by atoms with van der Waals surface area (Å²) in [5, 5.41) is 14.3. The van der Waals surface area contributed by atoms with Crippen molar-refractivity contribution in [3.05, 3.63) is 39.0 Å². The summed E-state index contributed by atoms with van der Waals surface area (Å²) in [7, 11) is 0. The normalized spacial score (nSPS) is 19.2. The molecule has 12 heteroatoms. The highest BCUT2D eigenvalue weighted by Crippen LogP contribution is 2.23. The molecule has 2 aliphatic rings. The van der Waals surface area contributed by atoms with E-state index in [4.69, 9.17) is 0 Å². The van der Waals surface area contributed by atoms with Crippen molar-refractivity contribution in [2.24, 2.45) is 5.92 Å². The maximum atomic E-state index is 13.2. The minimum Gasteiger partial charge on any atom is -0.353 e. The fourth-order valence-corrected chi connectivity index (χ4v) is 5.21. The van der Waals surface area contributed by atoms with E-state index in [2.05, 4.69) is 15.3 Å². The van der Waals surface area contributed by atoms with Crippen molar-refractivity contribution in [2.75, 3.05) is 56.0 Å². The Morgan fingerprint density at radius 1 is 1.21 bits per heavy atom. The predicted molar refractivity (Wildman–Crippen MR) is 129 cm³/mol. The van der Waals surface area contributed by atoms with Crippen LogP contribution in [-0.4, -0.2) is 82.3 Å². The van der Waals surface area contributed by atoms with E-state index in [0.717, 1.165) is 30.0 Å². The second kappa shape index (κ2) is 10.4. The van der Waals surface area contributed by atoms with E-state index in [1.165, 1.54) is 23.6 Å². The Morgan fingerprint density at radius 2 is 1.97 bits per heavy atom. The molecule has 2 aliphatic heterocycles. The number of nitrogens with zero attached hydrogens (tertiary/aromatic N) is 6. The number of hydrogen-bond acceptors (Lipinski definition) is 9. The van der Waals surface area contributed by atoms with Crippen LogP contribution in [-0.2, 0) is 9.59 Å². The highest BCUT2D eigenvalue weighted by Gasteiger charge is 2.32. The molecule has 0 bridgehead atoms. The number of piperazine rings is 1. The van der Waals surface area contributed by atoms with E-state index in [1.54, 1.807) is 6.07 Å². The minimum absolute atomic E-state index is 0.0371. The zero-order chi connectivity index (χ0) is 24.2. The number of nitro groups is 1. The van der Waals surface area contributed by atoms with Gasteiger partial charge >= 0.3 is 0 Å². The van der Waals surface area contributed by atoms with Gasteiger partial charge in [-0.05, 0) is 39.3 Å². The number of carbonyl (C=O) groups excluding carboxylic acids is 2. The molecular formula is C22H29N7O4S. The number of nitrogens with one attached hydrogen (secondary N) is 1. The number of rotatable bonds is 6. The monoisotopic (exact) mass is 487 g/mol. The van der Waals surface area contributed by atoms with Crippen LogP contribution in [0.5, 0.6) is 0 Å². The Kier molecular flexibility index (Phi) is 7.37. The number of hydrogen-bond donors (Lipinski definition) is 1. The third-order valence-corrected chi connectivity index (χ3v) is 7.34. The lowest BCUT2D eigenvalue weighted by atomic mass is 9.96. The highest BCUT2D eigenvalue weighted by molar-refractivity contribution is 7.15. The molecular weight excluding hydrogens is 458 g/mol. The lowest BCUT2D eigenvalue weighted by molar-refractivity contribution is -0.385. The van der Waals surface area contributed by atoms with E-state index in [0.29, 0.717) is 43.7 Å². The van der Waals surface area contributed by atoms with E-state index < -0.39 is 4.92 Å². The Bertz CT molecular complexity index is 1030. The molecule has 4 rings (SSSR count). The van der Waals surface area contributed by atoms with Crippen LogP contribution in [0.25, 0.3) is 0 Å². The van der Waals surface area contributed by atoms with Crippen LogP contribution in [0.2, 0.25) is 0 Å². The van der Waals surface area contributed by atoms with Gasteiger partial charge in [-0.15, -0.1) is 11.3 Å². The second-order valence-corrected chi connectivity index (χ2v) is 9.93. The van der Waals surface area contributed by atoms with Gasteiger partial charge in [0.15, 0.2) is 5.13 Å². The maximum Gasteiger partial charge on any atom is 0.287 e. The number of amides is 2. The Hall–Kier alpha value is -3.12. The molecule has 182 valence electrons. The van der Waals surface area contributed by atoms with Gasteiger partial charge in [0.2, 0.25) is 11.8 Å². The third kappa shape index (κ3) is 5.68.